The van der Waals surface area contributed by atoms with Gasteiger partial charge in [0.15, 0.2) is 5.89 Å². The molecule has 7 heteroatoms. The largest absolute Gasteiger partial charge is 0.446 e. The fourth-order valence-electron chi connectivity index (χ4n) is 1.48. The van der Waals surface area contributed by atoms with E-state index in [1.807, 2.05) is 6.92 Å². The highest BCUT2D eigenvalue weighted by Crippen LogP contribution is 2.14. The van der Waals surface area contributed by atoms with Gasteiger partial charge in [0.1, 0.15) is 12.4 Å². The molecular weight excluding hydrogens is 261 g/mol. The smallest absolute Gasteiger partial charge is 0.411 e. The Labute approximate surface area is 110 Å². The molecule has 1 N–H and O–H groups in total. The number of hydrogen-bond acceptors (Lipinski definition) is 4. The number of aryl methyl sites for hydroxylation is 1. The van der Waals surface area contributed by atoms with Gasteiger partial charge in [-0.2, -0.15) is 13.2 Å². The number of ether oxygens (including phenoxy) is 1. The highest BCUT2D eigenvalue weighted by atomic mass is 19.4. The maximum absolute atomic E-state index is 11.8. The maximum Gasteiger partial charge on any atom is 0.411 e. The third-order valence-corrected chi connectivity index (χ3v) is 2.35. The van der Waals surface area contributed by atoms with Crippen LogP contribution in [0.4, 0.5) is 13.2 Å². The quantitative estimate of drug-likeness (QED) is 0.705. The van der Waals surface area contributed by atoms with Crippen LogP contribution in [0.1, 0.15) is 25.0 Å². The molecule has 19 heavy (non-hydrogen) atoms. The molecule has 1 aromatic rings. The van der Waals surface area contributed by atoms with Crippen LogP contribution in [0.3, 0.4) is 0 Å². The molecule has 0 amide bonds. The molecule has 0 aliphatic carbocycles. The minimum atomic E-state index is -4.28. The maximum atomic E-state index is 11.8. The number of hydrogen-bond donors (Lipinski definition) is 1. The molecule has 110 valence electrons. The van der Waals surface area contributed by atoms with Crippen molar-refractivity contribution in [3.63, 3.8) is 0 Å². The van der Waals surface area contributed by atoms with E-state index in [0.717, 1.165) is 25.9 Å². The molecule has 0 aromatic carbocycles. The first-order valence-corrected chi connectivity index (χ1v) is 6.30. The summed E-state index contributed by atoms with van der Waals surface area (Å²) in [5, 5.41) is 3.19. The second kappa shape index (κ2) is 8.16. The van der Waals surface area contributed by atoms with Crippen LogP contribution in [0.2, 0.25) is 0 Å². The molecule has 0 fully saturated rings. The van der Waals surface area contributed by atoms with Crippen LogP contribution < -0.4 is 5.32 Å². The van der Waals surface area contributed by atoms with Gasteiger partial charge in [0.05, 0.1) is 12.8 Å². The lowest BCUT2D eigenvalue weighted by molar-refractivity contribution is -0.173. The number of halogens is 3. The monoisotopic (exact) mass is 280 g/mol. The van der Waals surface area contributed by atoms with Crippen LogP contribution in [-0.2, 0) is 17.6 Å². The molecule has 0 radical (unpaired) electrons. The van der Waals surface area contributed by atoms with Gasteiger partial charge in [0, 0.05) is 12.8 Å². The molecule has 0 bridgehead atoms. The fraction of sp³-hybridized carbons (Fsp3) is 0.750. The summed E-state index contributed by atoms with van der Waals surface area (Å²) in [7, 11) is 0. The van der Waals surface area contributed by atoms with E-state index >= 15 is 0 Å². The van der Waals surface area contributed by atoms with Gasteiger partial charge in [-0.3, -0.25) is 0 Å². The lowest BCUT2D eigenvalue weighted by atomic mass is 10.3. The van der Waals surface area contributed by atoms with Crippen LogP contribution >= 0.6 is 0 Å². The minimum Gasteiger partial charge on any atom is -0.446 e. The molecule has 0 spiro atoms. The highest BCUT2D eigenvalue weighted by Gasteiger charge is 2.27. The molecule has 0 atom stereocenters. The molecule has 4 nitrogen and oxygen atoms in total. The van der Waals surface area contributed by atoms with Crippen LogP contribution in [-0.4, -0.2) is 37.5 Å². The highest BCUT2D eigenvalue weighted by molar-refractivity contribution is 4.94. The van der Waals surface area contributed by atoms with Crippen LogP contribution in [0.25, 0.3) is 0 Å². The lowest BCUT2D eigenvalue weighted by Crippen LogP contribution is -2.17. The van der Waals surface area contributed by atoms with Gasteiger partial charge < -0.3 is 14.5 Å². The molecule has 0 saturated heterocycles. The number of rotatable bonds is 9. The van der Waals surface area contributed by atoms with Crippen molar-refractivity contribution in [2.75, 3.05) is 26.3 Å². The minimum absolute atomic E-state index is 0.0223. The first-order valence-electron chi connectivity index (χ1n) is 6.30. The van der Waals surface area contributed by atoms with E-state index in [2.05, 4.69) is 15.0 Å². The molecule has 0 aliphatic heterocycles. The van der Waals surface area contributed by atoms with Crippen LogP contribution in [0.15, 0.2) is 10.6 Å². The van der Waals surface area contributed by atoms with Crippen molar-refractivity contribution in [1.29, 1.82) is 0 Å². The van der Waals surface area contributed by atoms with Crippen molar-refractivity contribution in [3.05, 3.63) is 17.8 Å². The molecule has 0 aliphatic rings. The SMILES string of the molecule is CCNCCCc1ncc(CCOCC(F)(F)F)o1. The number of nitrogens with one attached hydrogen (secondary N) is 1. The van der Waals surface area contributed by atoms with E-state index in [1.54, 1.807) is 6.20 Å². The van der Waals surface area contributed by atoms with Gasteiger partial charge in [0.25, 0.3) is 0 Å². The van der Waals surface area contributed by atoms with Gasteiger partial charge in [-0.25, -0.2) is 4.98 Å². The standard InChI is InChI=1S/C12H19F3N2O2/c1-2-16-6-3-4-11-17-8-10(19-11)5-7-18-9-12(13,14)15/h8,16H,2-7,9H2,1H3. The Balaban J connectivity index is 2.16. The predicted octanol–water partition coefficient (Wildman–Crippen LogP) is 2.34. The molecule has 1 heterocycles. The normalized spacial score (nSPS) is 12.0. The average molecular weight is 280 g/mol. The first-order chi connectivity index (χ1) is 9.01. The number of aromatic nitrogens is 1. The summed E-state index contributed by atoms with van der Waals surface area (Å²) in [6, 6.07) is 0. The Hall–Kier alpha value is -1.08. The Morgan fingerprint density at radius 3 is 2.84 bits per heavy atom. The second-order valence-corrected chi connectivity index (χ2v) is 4.10. The second-order valence-electron chi connectivity index (χ2n) is 4.10. The summed E-state index contributed by atoms with van der Waals surface area (Å²) in [5.41, 5.74) is 0. The van der Waals surface area contributed by atoms with Gasteiger partial charge in [0.2, 0.25) is 0 Å². The van der Waals surface area contributed by atoms with E-state index in [4.69, 9.17) is 4.42 Å². The summed E-state index contributed by atoms with van der Waals surface area (Å²) in [5.74, 6) is 1.17. The van der Waals surface area contributed by atoms with Crippen molar-refractivity contribution >= 4 is 0 Å². The summed E-state index contributed by atoms with van der Waals surface area (Å²) in [4.78, 5) is 4.07. The number of alkyl halides is 3. The Morgan fingerprint density at radius 1 is 1.37 bits per heavy atom. The lowest BCUT2D eigenvalue weighted by Gasteiger charge is -2.06. The van der Waals surface area contributed by atoms with Crippen LogP contribution in [0, 0.1) is 0 Å². The predicted molar refractivity (Wildman–Crippen MR) is 63.9 cm³/mol. The van der Waals surface area contributed by atoms with Gasteiger partial charge in [-0.05, 0) is 19.5 Å². The van der Waals surface area contributed by atoms with E-state index < -0.39 is 12.8 Å². The number of nitrogens with zero attached hydrogens (tertiary/aromatic N) is 1. The molecule has 0 unspecified atom stereocenters. The third kappa shape index (κ3) is 7.84. The van der Waals surface area contributed by atoms with E-state index in [9.17, 15) is 13.2 Å². The molecule has 0 saturated carbocycles. The fourth-order valence-corrected chi connectivity index (χ4v) is 1.48. The summed E-state index contributed by atoms with van der Waals surface area (Å²) in [6.07, 6.45) is -0.802. The molecular formula is C12H19F3N2O2. The van der Waals surface area contributed by atoms with Crippen LogP contribution in [0.5, 0.6) is 0 Å². The zero-order valence-corrected chi connectivity index (χ0v) is 10.9. The topological polar surface area (TPSA) is 47.3 Å². The summed E-state index contributed by atoms with van der Waals surface area (Å²) < 4.78 is 45.4. The van der Waals surface area contributed by atoms with Crippen molar-refractivity contribution in [1.82, 2.24) is 10.3 Å². The molecule has 1 rings (SSSR count). The Morgan fingerprint density at radius 2 is 2.16 bits per heavy atom. The zero-order valence-electron chi connectivity index (χ0n) is 10.9. The van der Waals surface area contributed by atoms with Crippen molar-refractivity contribution in [3.8, 4) is 0 Å². The van der Waals surface area contributed by atoms with Gasteiger partial charge in [-0.15, -0.1) is 0 Å². The Kier molecular flexibility index (Phi) is 6.86. The number of oxazole rings is 1. The van der Waals surface area contributed by atoms with Crippen molar-refractivity contribution < 1.29 is 22.3 Å². The summed E-state index contributed by atoms with van der Waals surface area (Å²) in [6.45, 7) is 2.60. The third-order valence-electron chi connectivity index (χ3n) is 2.35. The average Bonchev–Trinajstić information content (AvgIpc) is 2.77. The van der Waals surface area contributed by atoms with Gasteiger partial charge >= 0.3 is 6.18 Å². The van der Waals surface area contributed by atoms with E-state index in [0.29, 0.717) is 18.1 Å². The Bertz CT molecular complexity index is 353. The van der Waals surface area contributed by atoms with Crippen molar-refractivity contribution in [2.24, 2.45) is 0 Å². The van der Waals surface area contributed by atoms with E-state index in [-0.39, 0.29) is 6.61 Å². The van der Waals surface area contributed by atoms with Crippen molar-refractivity contribution in [2.45, 2.75) is 32.4 Å². The first kappa shape index (κ1) is 16.0. The zero-order chi connectivity index (χ0) is 14.1. The van der Waals surface area contributed by atoms with E-state index in [1.165, 1.54) is 0 Å². The summed E-state index contributed by atoms with van der Waals surface area (Å²) >= 11 is 0. The molecule has 1 aromatic heterocycles. The van der Waals surface area contributed by atoms with Gasteiger partial charge in [-0.1, -0.05) is 6.92 Å².